The lowest BCUT2D eigenvalue weighted by Gasteiger charge is -2.32. The maximum atomic E-state index is 10.7. The van der Waals surface area contributed by atoms with Gasteiger partial charge in [0.1, 0.15) is 19.0 Å². The number of hydrogen-bond acceptors (Lipinski definition) is 1. The van der Waals surface area contributed by atoms with Crippen molar-refractivity contribution in [3.8, 4) is 0 Å². The topological polar surface area (TPSA) is 49.3 Å². The quantitative estimate of drug-likeness (QED) is 0.315. The molecule has 1 aliphatic heterocycles. The summed E-state index contributed by atoms with van der Waals surface area (Å²) in [6.07, 6.45) is 0. The van der Waals surface area contributed by atoms with Gasteiger partial charge in [0.2, 0.25) is 11.7 Å². The fourth-order valence-electron chi connectivity index (χ4n) is 1.21. The van der Waals surface area contributed by atoms with Gasteiger partial charge in [0.25, 0.3) is 0 Å². The normalized spacial score (nSPS) is 17.1. The van der Waals surface area contributed by atoms with Crippen LogP contribution in [-0.4, -0.2) is 48.4 Å². The molecule has 1 fully saturated rings. The van der Waals surface area contributed by atoms with E-state index in [4.69, 9.17) is 5.73 Å². The third-order valence-electron chi connectivity index (χ3n) is 2.39. The molecular weight excluding hydrogens is 154 g/mol. The molecule has 1 rings (SSSR count). The molecule has 1 aliphatic rings. The van der Waals surface area contributed by atoms with Crippen molar-refractivity contribution in [2.24, 2.45) is 11.7 Å². The first kappa shape index (κ1) is 9.03. The number of amides is 1. The predicted molar refractivity (Wildman–Crippen MR) is 47.0 cm³/mol. The van der Waals surface area contributed by atoms with E-state index in [1.165, 1.54) is 5.84 Å². The molecule has 1 amide bonds. The van der Waals surface area contributed by atoms with Gasteiger partial charge >= 0.3 is 0 Å². The monoisotopic (exact) mass is 170 g/mol. The Bertz CT molecular complexity index is 224. The van der Waals surface area contributed by atoms with Crippen molar-refractivity contribution >= 4 is 11.7 Å². The van der Waals surface area contributed by atoms with Crippen molar-refractivity contribution in [3.05, 3.63) is 0 Å². The molecule has 0 aromatic carbocycles. The van der Waals surface area contributed by atoms with Crippen LogP contribution < -0.4 is 5.73 Å². The second kappa shape index (κ2) is 3.13. The second-order valence-electron chi connectivity index (χ2n) is 3.45. The van der Waals surface area contributed by atoms with Crippen molar-refractivity contribution in [1.82, 2.24) is 4.90 Å². The number of carbonyl (C=O) groups excluding carboxylic acids is 1. The number of amidine groups is 1. The lowest BCUT2D eigenvalue weighted by atomic mass is 10.00. The van der Waals surface area contributed by atoms with Crippen molar-refractivity contribution in [2.75, 3.05) is 27.2 Å². The van der Waals surface area contributed by atoms with E-state index >= 15 is 0 Å². The Hall–Kier alpha value is -1.06. The summed E-state index contributed by atoms with van der Waals surface area (Å²) in [6, 6.07) is 0. The molecule has 2 N–H and O–H groups in total. The molecule has 68 valence electrons. The summed E-state index contributed by atoms with van der Waals surface area (Å²) < 4.78 is 2.04. The van der Waals surface area contributed by atoms with Crippen molar-refractivity contribution in [2.45, 2.75) is 6.92 Å². The summed E-state index contributed by atoms with van der Waals surface area (Å²) >= 11 is 0. The fraction of sp³-hybridized carbons (Fsp3) is 0.750. The maximum absolute atomic E-state index is 10.7. The Morgan fingerprint density at radius 1 is 1.50 bits per heavy atom. The summed E-state index contributed by atoms with van der Waals surface area (Å²) in [4.78, 5) is 12.8. The smallest absolute Gasteiger partial charge is 0.243 e. The molecule has 12 heavy (non-hydrogen) atoms. The van der Waals surface area contributed by atoms with E-state index in [1.807, 2.05) is 25.6 Å². The first-order chi connectivity index (χ1) is 5.52. The first-order valence-corrected chi connectivity index (χ1v) is 4.07. The Balaban J connectivity index is 2.45. The lowest BCUT2D eigenvalue weighted by Crippen LogP contribution is -2.55. The number of rotatable bonds is 1. The van der Waals surface area contributed by atoms with E-state index in [1.54, 1.807) is 0 Å². The van der Waals surface area contributed by atoms with Crippen LogP contribution in [0.1, 0.15) is 6.92 Å². The van der Waals surface area contributed by atoms with Crippen LogP contribution >= 0.6 is 0 Å². The van der Waals surface area contributed by atoms with Gasteiger partial charge in [-0.25, -0.2) is 0 Å². The molecule has 0 saturated carbocycles. The van der Waals surface area contributed by atoms with E-state index in [9.17, 15) is 4.79 Å². The van der Waals surface area contributed by atoms with Crippen LogP contribution in [-0.2, 0) is 4.79 Å². The van der Waals surface area contributed by atoms with Gasteiger partial charge in [-0.05, 0) is 0 Å². The largest absolute Gasteiger partial charge is 0.369 e. The van der Waals surface area contributed by atoms with E-state index in [0.717, 1.165) is 13.1 Å². The van der Waals surface area contributed by atoms with Crippen molar-refractivity contribution in [1.29, 1.82) is 0 Å². The Morgan fingerprint density at radius 2 is 2.00 bits per heavy atom. The molecule has 4 heteroatoms. The minimum atomic E-state index is -0.183. The maximum Gasteiger partial charge on any atom is 0.243 e. The number of carbonyl (C=O) groups is 1. The van der Waals surface area contributed by atoms with Crippen LogP contribution in [0.4, 0.5) is 0 Å². The van der Waals surface area contributed by atoms with Crippen LogP contribution in [0, 0.1) is 5.92 Å². The van der Waals surface area contributed by atoms with Crippen LogP contribution in [0.3, 0.4) is 0 Å². The van der Waals surface area contributed by atoms with Gasteiger partial charge in [-0.1, -0.05) is 0 Å². The number of hydrogen-bond donors (Lipinski definition) is 1. The van der Waals surface area contributed by atoms with Crippen LogP contribution in [0.15, 0.2) is 0 Å². The minimum absolute atomic E-state index is 0.0555. The molecule has 0 radical (unpaired) electrons. The zero-order valence-corrected chi connectivity index (χ0v) is 7.87. The molecule has 0 aromatic heterocycles. The summed E-state index contributed by atoms with van der Waals surface area (Å²) in [6.45, 7) is 3.59. The summed E-state index contributed by atoms with van der Waals surface area (Å²) in [5, 5.41) is 0. The zero-order valence-electron chi connectivity index (χ0n) is 7.87. The van der Waals surface area contributed by atoms with Gasteiger partial charge < -0.3 is 5.73 Å². The van der Waals surface area contributed by atoms with Crippen LogP contribution in [0.5, 0.6) is 0 Å². The Morgan fingerprint density at radius 3 is 2.33 bits per heavy atom. The average Bonchev–Trinajstić information content (AvgIpc) is 1.82. The Labute approximate surface area is 72.7 Å². The van der Waals surface area contributed by atoms with Gasteiger partial charge in [0.15, 0.2) is 0 Å². The summed E-state index contributed by atoms with van der Waals surface area (Å²) in [5.74, 6) is 1.06. The number of nitrogens with two attached hydrogens (primary N) is 1. The van der Waals surface area contributed by atoms with Crippen LogP contribution in [0.2, 0.25) is 0 Å². The third kappa shape index (κ3) is 1.57. The van der Waals surface area contributed by atoms with Crippen molar-refractivity contribution < 1.29 is 9.37 Å². The van der Waals surface area contributed by atoms with E-state index < -0.39 is 0 Å². The van der Waals surface area contributed by atoms with E-state index in [0.29, 0.717) is 0 Å². The lowest BCUT2D eigenvalue weighted by molar-refractivity contribution is -0.471. The minimum Gasteiger partial charge on any atom is -0.369 e. The molecular formula is C8H16N3O+. The SMILES string of the molecule is CC(N1CC(C(N)=O)C1)=[N+](C)C. The number of likely N-dealkylation sites (tertiary alicyclic amines) is 1. The summed E-state index contributed by atoms with van der Waals surface area (Å²) in [7, 11) is 3.99. The molecule has 4 nitrogen and oxygen atoms in total. The summed E-state index contributed by atoms with van der Waals surface area (Å²) in [5.41, 5.74) is 5.15. The Kier molecular flexibility index (Phi) is 2.35. The van der Waals surface area contributed by atoms with Crippen LogP contribution in [0.25, 0.3) is 0 Å². The molecule has 1 heterocycles. The van der Waals surface area contributed by atoms with Gasteiger partial charge in [0.05, 0.1) is 14.1 Å². The highest BCUT2D eigenvalue weighted by Crippen LogP contribution is 2.14. The fourth-order valence-corrected chi connectivity index (χ4v) is 1.21. The number of primary amides is 1. The molecule has 0 atom stereocenters. The highest BCUT2D eigenvalue weighted by molar-refractivity contribution is 5.82. The molecule has 1 saturated heterocycles. The predicted octanol–water partition coefficient (Wildman–Crippen LogP) is -0.906. The van der Waals surface area contributed by atoms with Gasteiger partial charge in [-0.3, -0.25) is 14.3 Å². The van der Waals surface area contributed by atoms with E-state index in [2.05, 4.69) is 4.90 Å². The second-order valence-corrected chi connectivity index (χ2v) is 3.45. The first-order valence-electron chi connectivity index (χ1n) is 4.07. The van der Waals surface area contributed by atoms with E-state index in [-0.39, 0.29) is 11.8 Å². The van der Waals surface area contributed by atoms with Gasteiger partial charge in [0, 0.05) is 6.92 Å². The number of nitrogens with zero attached hydrogens (tertiary/aromatic N) is 2. The molecule has 0 aliphatic carbocycles. The molecule has 0 bridgehead atoms. The highest BCUT2D eigenvalue weighted by atomic mass is 16.1. The molecule has 0 unspecified atom stereocenters. The van der Waals surface area contributed by atoms with Crippen molar-refractivity contribution in [3.63, 3.8) is 0 Å². The standard InChI is InChI=1S/C8H15N3O/c1-6(10(2)3)11-4-7(5-11)8(9)12/h7H,4-5H2,1-3H3,(H-,9,12)/p+1. The van der Waals surface area contributed by atoms with Gasteiger partial charge in [-0.15, -0.1) is 0 Å². The third-order valence-corrected chi connectivity index (χ3v) is 2.39. The van der Waals surface area contributed by atoms with Gasteiger partial charge in [-0.2, -0.15) is 0 Å². The highest BCUT2D eigenvalue weighted by Gasteiger charge is 2.37. The zero-order chi connectivity index (χ0) is 9.30. The average molecular weight is 170 g/mol. The molecule has 0 spiro atoms. The molecule has 0 aromatic rings.